The molecule has 0 spiro atoms. The van der Waals surface area contributed by atoms with Gasteiger partial charge in [-0.05, 0) is 31.0 Å². The van der Waals surface area contributed by atoms with Crippen LogP contribution in [0.3, 0.4) is 0 Å². The molecule has 4 heterocycles. The van der Waals surface area contributed by atoms with E-state index in [0.29, 0.717) is 12.5 Å². The number of hydrogen-bond acceptors (Lipinski definition) is 6. The molecular weight excluding hydrogens is 408 g/mol. The average molecular weight is 429 g/mol. The monoisotopic (exact) mass is 428 g/mol. The van der Waals surface area contributed by atoms with Gasteiger partial charge in [-0.1, -0.05) is 35.1 Å². The summed E-state index contributed by atoms with van der Waals surface area (Å²) in [6, 6.07) is 9.77. The van der Waals surface area contributed by atoms with Gasteiger partial charge in [-0.15, -0.1) is 5.10 Å². The molecule has 1 saturated heterocycles. The lowest BCUT2D eigenvalue weighted by atomic mass is 9.93. The van der Waals surface area contributed by atoms with Crippen molar-refractivity contribution in [3.63, 3.8) is 0 Å². The van der Waals surface area contributed by atoms with Crippen molar-refractivity contribution in [2.24, 2.45) is 0 Å². The summed E-state index contributed by atoms with van der Waals surface area (Å²) in [4.78, 5) is 7.96. The Balaban J connectivity index is 1.29. The number of aromatic nitrogens is 5. The van der Waals surface area contributed by atoms with E-state index in [2.05, 4.69) is 16.1 Å². The van der Waals surface area contributed by atoms with E-state index < -0.39 is 0 Å². The van der Waals surface area contributed by atoms with Crippen LogP contribution in [0.15, 0.2) is 42.7 Å². The molecule has 29 heavy (non-hydrogen) atoms. The van der Waals surface area contributed by atoms with E-state index in [1.165, 1.54) is 5.69 Å². The number of rotatable bonds is 5. The Hall–Kier alpha value is -2.42. The second-order valence-electron chi connectivity index (χ2n) is 7.21. The third-order valence-corrected chi connectivity index (χ3v) is 6.65. The molecule has 1 fully saturated rings. The van der Waals surface area contributed by atoms with Gasteiger partial charge in [-0.25, -0.2) is 9.50 Å². The van der Waals surface area contributed by atoms with E-state index in [1.54, 1.807) is 11.3 Å². The van der Waals surface area contributed by atoms with Crippen LogP contribution in [0.4, 0.5) is 5.13 Å². The highest BCUT2D eigenvalue weighted by Gasteiger charge is 2.25. The Morgan fingerprint density at radius 1 is 1.14 bits per heavy atom. The smallest absolute Gasteiger partial charge is 0.214 e. The van der Waals surface area contributed by atoms with Crippen LogP contribution in [0.25, 0.3) is 16.2 Å². The number of piperidine rings is 1. The van der Waals surface area contributed by atoms with Crippen molar-refractivity contribution < 1.29 is 5.11 Å². The minimum absolute atomic E-state index is 0.116. The number of fused-ring (bicyclic) bond motifs is 1. The van der Waals surface area contributed by atoms with Crippen molar-refractivity contribution in [2.75, 3.05) is 24.6 Å². The number of hydrogen-bond donors (Lipinski definition) is 1. The van der Waals surface area contributed by atoms with Gasteiger partial charge in [0.2, 0.25) is 10.1 Å². The Morgan fingerprint density at radius 3 is 2.66 bits per heavy atom. The molecule has 1 aliphatic rings. The molecule has 1 aromatic carbocycles. The maximum atomic E-state index is 9.21. The molecule has 1 aliphatic heterocycles. The minimum Gasteiger partial charge on any atom is -0.394 e. The van der Waals surface area contributed by atoms with Crippen molar-refractivity contribution in [3.8, 4) is 11.3 Å². The van der Waals surface area contributed by atoms with Crippen molar-refractivity contribution >= 4 is 33.0 Å². The summed E-state index contributed by atoms with van der Waals surface area (Å²) in [6.45, 7) is 2.58. The van der Waals surface area contributed by atoms with Gasteiger partial charge in [0, 0.05) is 41.5 Å². The summed E-state index contributed by atoms with van der Waals surface area (Å²) >= 11 is 7.60. The summed E-state index contributed by atoms with van der Waals surface area (Å²) in [5.74, 6) is 0.473. The SMILES string of the molecule is OCCn1nccc1C1CCN(c2nn3cc(-c4ccc(Cl)cc4)nc3s2)CC1. The average Bonchev–Trinajstić information content (AvgIpc) is 3.44. The Kier molecular flexibility index (Phi) is 4.99. The van der Waals surface area contributed by atoms with Crippen molar-refractivity contribution in [2.45, 2.75) is 25.3 Å². The molecule has 4 aromatic rings. The number of imidazole rings is 1. The van der Waals surface area contributed by atoms with Gasteiger partial charge in [0.1, 0.15) is 0 Å². The molecule has 5 rings (SSSR count). The van der Waals surface area contributed by atoms with Gasteiger partial charge in [-0.2, -0.15) is 5.10 Å². The highest BCUT2D eigenvalue weighted by Crippen LogP contribution is 2.33. The summed E-state index contributed by atoms with van der Waals surface area (Å²) in [5, 5.41) is 20.0. The number of benzene rings is 1. The van der Waals surface area contributed by atoms with Gasteiger partial charge < -0.3 is 10.0 Å². The van der Waals surface area contributed by atoms with Crippen LogP contribution in [0, 0.1) is 0 Å². The second kappa shape index (κ2) is 7.78. The van der Waals surface area contributed by atoms with Gasteiger partial charge in [0.15, 0.2) is 0 Å². The van der Waals surface area contributed by atoms with Gasteiger partial charge in [0.25, 0.3) is 0 Å². The fraction of sp³-hybridized carbons (Fsp3) is 0.350. The van der Waals surface area contributed by atoms with Gasteiger partial charge >= 0.3 is 0 Å². The fourth-order valence-electron chi connectivity index (χ4n) is 3.91. The van der Waals surface area contributed by atoms with Gasteiger partial charge in [-0.3, -0.25) is 4.68 Å². The van der Waals surface area contributed by atoms with E-state index in [1.807, 2.05) is 45.9 Å². The lowest BCUT2D eigenvalue weighted by molar-refractivity contribution is 0.265. The van der Waals surface area contributed by atoms with E-state index in [4.69, 9.17) is 21.7 Å². The molecule has 0 aliphatic carbocycles. The standard InChI is InChI=1S/C20H21ClN6OS/c21-16-3-1-14(2-4-16)17-13-27-19(23-17)29-20(24-27)25-9-6-15(7-10-25)18-5-8-22-26(18)11-12-28/h1-5,8,13,15,28H,6-7,9-12H2. The molecule has 150 valence electrons. The maximum absolute atomic E-state index is 9.21. The Bertz CT molecular complexity index is 1080. The Labute approximate surface area is 177 Å². The molecule has 0 radical (unpaired) electrons. The molecule has 0 unspecified atom stereocenters. The van der Waals surface area contributed by atoms with Crippen LogP contribution >= 0.6 is 22.9 Å². The molecule has 0 atom stereocenters. The van der Waals surface area contributed by atoms with Crippen LogP contribution in [0.1, 0.15) is 24.5 Å². The predicted octanol–water partition coefficient (Wildman–Crippen LogP) is 3.68. The zero-order valence-electron chi connectivity index (χ0n) is 15.8. The predicted molar refractivity (Wildman–Crippen MR) is 115 cm³/mol. The van der Waals surface area contributed by atoms with Crippen LogP contribution in [-0.4, -0.2) is 49.2 Å². The first-order chi connectivity index (χ1) is 14.2. The van der Waals surface area contributed by atoms with Crippen LogP contribution in [0.2, 0.25) is 5.02 Å². The summed E-state index contributed by atoms with van der Waals surface area (Å²) in [5.41, 5.74) is 3.16. The first kappa shape index (κ1) is 18.6. The molecular formula is C20H21ClN6OS. The van der Waals surface area contributed by atoms with Gasteiger partial charge in [0.05, 0.1) is 25.0 Å². The van der Waals surface area contributed by atoms with Crippen molar-refractivity contribution in [1.29, 1.82) is 0 Å². The molecule has 3 aromatic heterocycles. The molecule has 0 amide bonds. The number of aliphatic hydroxyl groups excluding tert-OH is 1. The summed E-state index contributed by atoms with van der Waals surface area (Å²) in [6.07, 6.45) is 5.90. The summed E-state index contributed by atoms with van der Waals surface area (Å²) < 4.78 is 3.79. The van der Waals surface area contributed by atoms with Crippen LogP contribution < -0.4 is 4.90 Å². The number of halogens is 1. The highest BCUT2D eigenvalue weighted by molar-refractivity contribution is 7.20. The van der Waals surface area contributed by atoms with Crippen molar-refractivity contribution in [3.05, 3.63) is 53.4 Å². The molecule has 0 saturated carbocycles. The molecule has 1 N–H and O–H groups in total. The third kappa shape index (κ3) is 3.63. The van der Waals surface area contributed by atoms with E-state index >= 15 is 0 Å². The van der Waals surface area contributed by atoms with E-state index in [0.717, 1.165) is 52.3 Å². The Morgan fingerprint density at radius 2 is 1.93 bits per heavy atom. The normalized spacial score (nSPS) is 15.4. The molecule has 7 nitrogen and oxygen atoms in total. The quantitative estimate of drug-likeness (QED) is 0.525. The number of anilines is 1. The number of aliphatic hydroxyl groups is 1. The maximum Gasteiger partial charge on any atom is 0.214 e. The van der Waals surface area contributed by atoms with E-state index in [9.17, 15) is 5.11 Å². The minimum atomic E-state index is 0.116. The highest BCUT2D eigenvalue weighted by atomic mass is 35.5. The number of nitrogens with zero attached hydrogens (tertiary/aromatic N) is 6. The largest absolute Gasteiger partial charge is 0.394 e. The topological polar surface area (TPSA) is 71.5 Å². The first-order valence-electron chi connectivity index (χ1n) is 9.71. The lowest BCUT2D eigenvalue weighted by Gasteiger charge is -2.31. The molecule has 0 bridgehead atoms. The zero-order chi connectivity index (χ0) is 19.8. The van der Waals surface area contributed by atoms with Crippen molar-refractivity contribution in [1.82, 2.24) is 24.4 Å². The molecule has 9 heteroatoms. The van der Waals surface area contributed by atoms with Crippen LogP contribution in [-0.2, 0) is 6.54 Å². The fourth-order valence-corrected chi connectivity index (χ4v) is 4.98. The lowest BCUT2D eigenvalue weighted by Crippen LogP contribution is -2.33. The third-order valence-electron chi connectivity index (χ3n) is 5.42. The summed E-state index contributed by atoms with van der Waals surface area (Å²) in [7, 11) is 0. The van der Waals surface area contributed by atoms with E-state index in [-0.39, 0.29) is 6.61 Å². The zero-order valence-corrected chi connectivity index (χ0v) is 17.4. The second-order valence-corrected chi connectivity index (χ2v) is 8.58. The van der Waals surface area contributed by atoms with Crippen LogP contribution in [0.5, 0.6) is 0 Å². The first-order valence-corrected chi connectivity index (χ1v) is 10.9.